The molecule has 7 nitrogen and oxygen atoms in total. The Morgan fingerprint density at radius 2 is 1.62 bits per heavy atom. The number of rotatable bonds is 9. The lowest BCUT2D eigenvalue weighted by molar-refractivity contribution is -0.123. The first-order valence-corrected chi connectivity index (χ1v) is 11.9. The number of amides is 1. The Morgan fingerprint density at radius 1 is 0.865 bits per heavy atom. The average molecular weight is 497 g/mol. The molecule has 0 aliphatic carbocycles. The van der Waals surface area contributed by atoms with Crippen LogP contribution in [0.15, 0.2) is 84.0 Å². The topological polar surface area (TPSA) is 86.2 Å². The molecule has 1 N–H and O–H groups in total. The molecular formula is C30H28N2O5. The lowest BCUT2D eigenvalue weighted by Crippen LogP contribution is -2.24. The van der Waals surface area contributed by atoms with Crippen LogP contribution in [0.25, 0.3) is 10.8 Å². The van der Waals surface area contributed by atoms with Crippen LogP contribution in [0.3, 0.4) is 0 Å². The monoisotopic (exact) mass is 496 g/mol. The van der Waals surface area contributed by atoms with Crippen molar-refractivity contribution in [1.82, 2.24) is 5.43 Å². The summed E-state index contributed by atoms with van der Waals surface area (Å²) in [6, 6.07) is 23.6. The first kappa shape index (κ1) is 25.4. The predicted octanol–water partition coefficient (Wildman–Crippen LogP) is 5.60. The number of hydrogen-bond acceptors (Lipinski definition) is 6. The molecule has 0 aromatic heterocycles. The van der Waals surface area contributed by atoms with Crippen molar-refractivity contribution in [1.29, 1.82) is 0 Å². The molecule has 0 aliphatic heterocycles. The maximum absolute atomic E-state index is 12.8. The van der Waals surface area contributed by atoms with Crippen molar-refractivity contribution in [2.75, 3.05) is 13.2 Å². The van der Waals surface area contributed by atoms with Gasteiger partial charge in [-0.05, 0) is 85.1 Å². The lowest BCUT2D eigenvalue weighted by atomic mass is 10.0. The maximum atomic E-state index is 12.8. The zero-order valence-corrected chi connectivity index (χ0v) is 21.0. The molecule has 4 aromatic rings. The van der Waals surface area contributed by atoms with Crippen molar-refractivity contribution in [3.63, 3.8) is 0 Å². The number of aryl methyl sites for hydroxylation is 2. The second kappa shape index (κ2) is 11.9. The molecule has 0 radical (unpaired) electrons. The Labute approximate surface area is 215 Å². The molecule has 0 unspecified atom stereocenters. The Morgan fingerprint density at radius 3 is 2.38 bits per heavy atom. The van der Waals surface area contributed by atoms with Crippen LogP contribution in [0.5, 0.6) is 17.2 Å². The maximum Gasteiger partial charge on any atom is 0.343 e. The molecule has 0 heterocycles. The highest BCUT2D eigenvalue weighted by Crippen LogP contribution is 2.27. The number of fused-ring (bicyclic) bond motifs is 1. The van der Waals surface area contributed by atoms with E-state index in [4.69, 9.17) is 14.2 Å². The predicted molar refractivity (Wildman–Crippen MR) is 144 cm³/mol. The van der Waals surface area contributed by atoms with E-state index in [1.807, 2.05) is 69.3 Å². The van der Waals surface area contributed by atoms with Gasteiger partial charge in [-0.1, -0.05) is 36.4 Å². The van der Waals surface area contributed by atoms with E-state index in [0.717, 1.165) is 21.9 Å². The minimum Gasteiger partial charge on any atom is -0.494 e. The minimum absolute atomic E-state index is 0.186. The smallest absolute Gasteiger partial charge is 0.343 e. The Kier molecular flexibility index (Phi) is 8.15. The van der Waals surface area contributed by atoms with Crippen LogP contribution in [-0.2, 0) is 4.79 Å². The van der Waals surface area contributed by atoms with Crippen molar-refractivity contribution in [2.45, 2.75) is 20.8 Å². The third-order valence-corrected chi connectivity index (χ3v) is 5.77. The number of benzene rings is 4. The summed E-state index contributed by atoms with van der Waals surface area (Å²) >= 11 is 0. The quantitative estimate of drug-likeness (QED) is 0.141. The van der Waals surface area contributed by atoms with Gasteiger partial charge in [0.15, 0.2) is 6.61 Å². The van der Waals surface area contributed by atoms with E-state index in [1.165, 1.54) is 6.21 Å². The van der Waals surface area contributed by atoms with E-state index in [0.29, 0.717) is 35.0 Å². The van der Waals surface area contributed by atoms with Crippen molar-refractivity contribution in [3.05, 3.63) is 101 Å². The van der Waals surface area contributed by atoms with Gasteiger partial charge in [-0.2, -0.15) is 5.10 Å². The fourth-order valence-corrected chi connectivity index (χ4v) is 3.66. The van der Waals surface area contributed by atoms with E-state index >= 15 is 0 Å². The molecule has 0 spiro atoms. The van der Waals surface area contributed by atoms with Gasteiger partial charge in [0.2, 0.25) is 0 Å². The Hall–Kier alpha value is -4.65. The van der Waals surface area contributed by atoms with E-state index in [-0.39, 0.29) is 6.61 Å². The van der Waals surface area contributed by atoms with Gasteiger partial charge in [-0.15, -0.1) is 0 Å². The van der Waals surface area contributed by atoms with Crippen LogP contribution in [-0.4, -0.2) is 31.3 Å². The molecule has 4 rings (SSSR count). The number of nitrogens with one attached hydrogen (secondary N) is 1. The molecule has 0 saturated heterocycles. The standard InChI is InChI=1S/C30H28N2O5/c1-4-35-24-14-10-23(11-15-24)30(34)37-28-16-12-22-7-5-6-8-26(22)27(28)18-31-32-29(33)19-36-25-13-9-20(2)21(3)17-25/h5-18H,4,19H2,1-3H3,(H,32,33)/b31-18+. The number of carbonyl (C=O) groups excluding carboxylic acids is 2. The molecule has 4 aromatic carbocycles. The van der Waals surface area contributed by atoms with Gasteiger partial charge < -0.3 is 14.2 Å². The molecule has 0 aliphatic rings. The first-order valence-electron chi connectivity index (χ1n) is 11.9. The molecule has 7 heteroatoms. The van der Waals surface area contributed by atoms with Crippen molar-refractivity contribution in [3.8, 4) is 17.2 Å². The van der Waals surface area contributed by atoms with Gasteiger partial charge in [0.05, 0.1) is 18.4 Å². The van der Waals surface area contributed by atoms with Gasteiger partial charge in [0.1, 0.15) is 17.2 Å². The first-order chi connectivity index (χ1) is 17.9. The fourth-order valence-electron chi connectivity index (χ4n) is 3.66. The normalized spacial score (nSPS) is 10.9. The summed E-state index contributed by atoms with van der Waals surface area (Å²) in [4.78, 5) is 25.1. The molecule has 188 valence electrons. The molecule has 1 amide bonds. The van der Waals surface area contributed by atoms with Crippen LogP contribution in [0, 0.1) is 13.8 Å². The number of esters is 1. The molecule has 0 saturated carbocycles. The summed E-state index contributed by atoms with van der Waals surface area (Å²) in [6.45, 7) is 6.24. The number of nitrogens with zero attached hydrogens (tertiary/aromatic N) is 1. The third-order valence-electron chi connectivity index (χ3n) is 5.77. The third kappa shape index (κ3) is 6.52. The van der Waals surface area contributed by atoms with Crippen LogP contribution in [0.2, 0.25) is 0 Å². The summed E-state index contributed by atoms with van der Waals surface area (Å²) in [5.74, 6) is 0.679. The number of hydrazone groups is 1. The van der Waals surface area contributed by atoms with E-state index < -0.39 is 11.9 Å². The van der Waals surface area contributed by atoms with E-state index in [2.05, 4.69) is 10.5 Å². The summed E-state index contributed by atoms with van der Waals surface area (Å²) in [5.41, 5.74) is 5.65. The van der Waals surface area contributed by atoms with Crippen molar-refractivity contribution < 1.29 is 23.8 Å². The molecular weight excluding hydrogens is 468 g/mol. The highest BCUT2D eigenvalue weighted by atomic mass is 16.5. The van der Waals surface area contributed by atoms with Crippen LogP contribution < -0.4 is 19.6 Å². The van der Waals surface area contributed by atoms with E-state index in [9.17, 15) is 9.59 Å². The molecule has 0 bridgehead atoms. The zero-order valence-electron chi connectivity index (χ0n) is 21.0. The SMILES string of the molecule is CCOc1ccc(C(=O)Oc2ccc3ccccc3c2/C=N/NC(=O)COc2ccc(C)c(C)c2)cc1. The highest BCUT2D eigenvalue weighted by Gasteiger charge is 2.14. The summed E-state index contributed by atoms with van der Waals surface area (Å²) in [5, 5.41) is 5.86. The second-order valence-corrected chi connectivity index (χ2v) is 8.37. The second-order valence-electron chi connectivity index (χ2n) is 8.37. The zero-order chi connectivity index (χ0) is 26.2. The minimum atomic E-state index is -0.515. The number of carbonyl (C=O) groups is 2. The van der Waals surface area contributed by atoms with Crippen LogP contribution in [0.1, 0.15) is 34.0 Å². The van der Waals surface area contributed by atoms with E-state index in [1.54, 1.807) is 30.3 Å². The Balaban J connectivity index is 1.48. The van der Waals surface area contributed by atoms with Gasteiger partial charge in [0, 0.05) is 5.56 Å². The van der Waals surface area contributed by atoms with Crippen LogP contribution in [0.4, 0.5) is 0 Å². The van der Waals surface area contributed by atoms with Crippen molar-refractivity contribution in [2.24, 2.45) is 5.10 Å². The van der Waals surface area contributed by atoms with Gasteiger partial charge >= 0.3 is 5.97 Å². The van der Waals surface area contributed by atoms with Gasteiger partial charge in [0.25, 0.3) is 5.91 Å². The fraction of sp³-hybridized carbons (Fsp3) is 0.167. The highest BCUT2D eigenvalue weighted by molar-refractivity contribution is 6.04. The summed E-state index contributed by atoms with van der Waals surface area (Å²) < 4.78 is 16.7. The molecule has 37 heavy (non-hydrogen) atoms. The van der Waals surface area contributed by atoms with Crippen LogP contribution >= 0.6 is 0 Å². The Bertz CT molecular complexity index is 1440. The average Bonchev–Trinajstić information content (AvgIpc) is 2.91. The van der Waals surface area contributed by atoms with Gasteiger partial charge in [-0.3, -0.25) is 4.79 Å². The molecule has 0 atom stereocenters. The number of ether oxygens (including phenoxy) is 3. The lowest BCUT2D eigenvalue weighted by Gasteiger charge is -2.11. The summed E-state index contributed by atoms with van der Waals surface area (Å²) in [6.07, 6.45) is 1.47. The van der Waals surface area contributed by atoms with Gasteiger partial charge in [-0.25, -0.2) is 10.2 Å². The largest absolute Gasteiger partial charge is 0.494 e. The number of hydrogen-bond donors (Lipinski definition) is 1. The summed E-state index contributed by atoms with van der Waals surface area (Å²) in [7, 11) is 0. The van der Waals surface area contributed by atoms with Crippen molar-refractivity contribution >= 4 is 28.9 Å². The molecule has 0 fully saturated rings.